The second-order valence-corrected chi connectivity index (χ2v) is 6.29. The van der Waals surface area contributed by atoms with Crippen molar-refractivity contribution in [2.24, 2.45) is 0 Å². The minimum absolute atomic E-state index is 0.299. The molecule has 2 aromatic carbocycles. The molecular formula is C22H17FN4O. The molecule has 28 heavy (non-hydrogen) atoms. The van der Waals surface area contributed by atoms with Crippen LogP contribution in [0.4, 0.5) is 10.2 Å². The Labute approximate surface area is 161 Å². The Morgan fingerprint density at radius 2 is 1.75 bits per heavy atom. The van der Waals surface area contributed by atoms with Gasteiger partial charge in [0.05, 0.1) is 11.4 Å². The fourth-order valence-corrected chi connectivity index (χ4v) is 2.87. The van der Waals surface area contributed by atoms with Gasteiger partial charge in [0.15, 0.2) is 0 Å². The van der Waals surface area contributed by atoms with Gasteiger partial charge in [-0.1, -0.05) is 42.5 Å². The number of hydrogen-bond acceptors (Lipinski definition) is 3. The van der Waals surface area contributed by atoms with Gasteiger partial charge in [0, 0.05) is 17.3 Å². The first kappa shape index (κ1) is 17.6. The Morgan fingerprint density at radius 3 is 2.50 bits per heavy atom. The lowest BCUT2D eigenvalue weighted by Crippen LogP contribution is -2.16. The monoisotopic (exact) mass is 372 g/mol. The van der Waals surface area contributed by atoms with Crippen LogP contribution in [0.15, 0.2) is 78.9 Å². The van der Waals surface area contributed by atoms with E-state index in [4.69, 9.17) is 0 Å². The summed E-state index contributed by atoms with van der Waals surface area (Å²) in [5, 5.41) is 7.41. The molecule has 0 unspecified atom stereocenters. The Morgan fingerprint density at radius 1 is 0.964 bits per heavy atom. The van der Waals surface area contributed by atoms with Crippen LogP contribution in [0.25, 0.3) is 16.9 Å². The Hall–Kier alpha value is -3.80. The Balaban J connectivity index is 1.76. The van der Waals surface area contributed by atoms with Gasteiger partial charge in [-0.2, -0.15) is 5.10 Å². The van der Waals surface area contributed by atoms with Crippen molar-refractivity contribution in [2.45, 2.75) is 6.92 Å². The molecule has 2 heterocycles. The lowest BCUT2D eigenvalue weighted by Gasteiger charge is -2.09. The van der Waals surface area contributed by atoms with E-state index >= 15 is 0 Å². The Bertz CT molecular complexity index is 1140. The van der Waals surface area contributed by atoms with E-state index < -0.39 is 0 Å². The number of carbonyl (C=O) groups is 1. The number of aryl methyl sites for hydroxylation is 1. The van der Waals surface area contributed by atoms with Gasteiger partial charge in [0.2, 0.25) is 0 Å². The van der Waals surface area contributed by atoms with Gasteiger partial charge in [0.25, 0.3) is 5.91 Å². The van der Waals surface area contributed by atoms with Crippen molar-refractivity contribution in [3.8, 4) is 16.9 Å². The molecule has 4 aromatic rings. The standard InChI is InChI=1S/C22H17FN4O/c1-15-7-5-12-19(24-15)22(28)25-21-14-20(16-8-3-2-4-9-16)26-27(21)18-11-6-10-17(23)13-18/h2-14H,1H3,(H,25,28). The summed E-state index contributed by atoms with van der Waals surface area (Å²) in [5.41, 5.74) is 3.11. The van der Waals surface area contributed by atoms with Gasteiger partial charge in [-0.25, -0.2) is 14.1 Å². The summed E-state index contributed by atoms with van der Waals surface area (Å²) in [4.78, 5) is 16.9. The molecule has 0 aliphatic heterocycles. The zero-order valence-electron chi connectivity index (χ0n) is 15.1. The van der Waals surface area contributed by atoms with Crippen LogP contribution in [-0.4, -0.2) is 20.7 Å². The number of nitrogens with zero attached hydrogens (tertiary/aromatic N) is 3. The van der Waals surface area contributed by atoms with Crippen molar-refractivity contribution < 1.29 is 9.18 Å². The fourth-order valence-electron chi connectivity index (χ4n) is 2.87. The number of hydrogen-bond donors (Lipinski definition) is 1. The summed E-state index contributed by atoms with van der Waals surface area (Å²) in [6.45, 7) is 1.82. The highest BCUT2D eigenvalue weighted by Gasteiger charge is 2.16. The molecule has 0 aliphatic carbocycles. The third-order valence-electron chi connectivity index (χ3n) is 4.19. The number of amides is 1. The third kappa shape index (κ3) is 3.66. The van der Waals surface area contributed by atoms with Crippen LogP contribution in [-0.2, 0) is 0 Å². The van der Waals surface area contributed by atoms with E-state index in [9.17, 15) is 9.18 Å². The van der Waals surface area contributed by atoms with Crippen molar-refractivity contribution in [3.63, 3.8) is 0 Å². The highest BCUT2D eigenvalue weighted by atomic mass is 19.1. The van der Waals surface area contributed by atoms with Crippen LogP contribution in [0.3, 0.4) is 0 Å². The number of halogens is 1. The van der Waals surface area contributed by atoms with Crippen LogP contribution < -0.4 is 5.32 Å². The quantitative estimate of drug-likeness (QED) is 0.568. The van der Waals surface area contributed by atoms with E-state index in [1.165, 1.54) is 16.8 Å². The van der Waals surface area contributed by atoms with E-state index in [0.717, 1.165) is 11.3 Å². The van der Waals surface area contributed by atoms with Crippen molar-refractivity contribution in [2.75, 3.05) is 5.32 Å². The van der Waals surface area contributed by atoms with Crippen molar-refractivity contribution in [1.82, 2.24) is 14.8 Å². The van der Waals surface area contributed by atoms with E-state index in [1.54, 1.807) is 30.3 Å². The average Bonchev–Trinajstić information content (AvgIpc) is 3.12. The first-order valence-electron chi connectivity index (χ1n) is 8.76. The van der Waals surface area contributed by atoms with Crippen LogP contribution in [0.1, 0.15) is 16.2 Å². The number of anilines is 1. The first-order valence-corrected chi connectivity index (χ1v) is 8.76. The number of rotatable bonds is 4. The maximum Gasteiger partial charge on any atom is 0.275 e. The minimum Gasteiger partial charge on any atom is -0.305 e. The molecule has 0 bridgehead atoms. The lowest BCUT2D eigenvalue weighted by atomic mass is 10.1. The molecule has 0 spiro atoms. The summed E-state index contributed by atoms with van der Waals surface area (Å²) in [6, 6.07) is 22.6. The number of pyridine rings is 1. The average molecular weight is 372 g/mol. The lowest BCUT2D eigenvalue weighted by molar-refractivity contribution is 0.102. The molecule has 0 fully saturated rings. The SMILES string of the molecule is Cc1cccc(C(=O)Nc2cc(-c3ccccc3)nn2-c2cccc(F)c2)n1. The van der Waals surface area contributed by atoms with Crippen molar-refractivity contribution >= 4 is 11.7 Å². The summed E-state index contributed by atoms with van der Waals surface area (Å²) < 4.78 is 15.3. The van der Waals surface area contributed by atoms with Crippen molar-refractivity contribution in [1.29, 1.82) is 0 Å². The second kappa shape index (κ2) is 7.44. The normalized spacial score (nSPS) is 10.6. The smallest absolute Gasteiger partial charge is 0.275 e. The molecular weight excluding hydrogens is 355 g/mol. The molecule has 2 aromatic heterocycles. The van der Waals surface area contributed by atoms with Crippen LogP contribution in [0.5, 0.6) is 0 Å². The van der Waals surface area contributed by atoms with Gasteiger partial charge >= 0.3 is 0 Å². The topological polar surface area (TPSA) is 59.8 Å². The summed E-state index contributed by atoms with van der Waals surface area (Å²) in [7, 11) is 0. The van der Waals surface area contributed by atoms with Crippen LogP contribution in [0, 0.1) is 12.7 Å². The van der Waals surface area contributed by atoms with Gasteiger partial charge < -0.3 is 5.32 Å². The van der Waals surface area contributed by atoms with E-state index in [-0.39, 0.29) is 11.7 Å². The predicted octanol–water partition coefficient (Wildman–Crippen LogP) is 4.63. The molecule has 0 saturated heterocycles. The summed E-state index contributed by atoms with van der Waals surface area (Å²) in [5.74, 6) is -0.314. The molecule has 6 heteroatoms. The molecule has 0 aliphatic rings. The second-order valence-electron chi connectivity index (χ2n) is 6.29. The third-order valence-corrected chi connectivity index (χ3v) is 4.19. The predicted molar refractivity (Wildman–Crippen MR) is 106 cm³/mol. The summed E-state index contributed by atoms with van der Waals surface area (Å²) in [6.07, 6.45) is 0. The molecule has 0 atom stereocenters. The molecule has 1 amide bonds. The fraction of sp³-hybridized carbons (Fsp3) is 0.0455. The van der Waals surface area contributed by atoms with Gasteiger partial charge in [-0.05, 0) is 37.3 Å². The molecule has 138 valence electrons. The Kier molecular flexibility index (Phi) is 4.68. The zero-order valence-corrected chi connectivity index (χ0v) is 15.1. The largest absolute Gasteiger partial charge is 0.305 e. The maximum absolute atomic E-state index is 13.7. The number of aromatic nitrogens is 3. The highest BCUT2D eigenvalue weighted by molar-refractivity contribution is 6.02. The van der Waals surface area contributed by atoms with E-state index in [0.29, 0.717) is 22.9 Å². The first-order chi connectivity index (χ1) is 13.6. The van der Waals surface area contributed by atoms with Gasteiger partial charge in [-0.3, -0.25) is 4.79 Å². The number of nitrogens with one attached hydrogen (secondary N) is 1. The molecule has 5 nitrogen and oxygen atoms in total. The van der Waals surface area contributed by atoms with E-state index in [1.807, 2.05) is 43.3 Å². The molecule has 4 rings (SSSR count). The van der Waals surface area contributed by atoms with Crippen molar-refractivity contribution in [3.05, 3.63) is 96.1 Å². The van der Waals surface area contributed by atoms with Crippen LogP contribution in [0.2, 0.25) is 0 Å². The van der Waals surface area contributed by atoms with E-state index in [2.05, 4.69) is 15.4 Å². The van der Waals surface area contributed by atoms with Crippen LogP contribution >= 0.6 is 0 Å². The zero-order chi connectivity index (χ0) is 19.5. The summed E-state index contributed by atoms with van der Waals surface area (Å²) >= 11 is 0. The highest BCUT2D eigenvalue weighted by Crippen LogP contribution is 2.25. The maximum atomic E-state index is 13.7. The number of carbonyl (C=O) groups excluding carboxylic acids is 1. The molecule has 0 saturated carbocycles. The number of benzene rings is 2. The van der Waals surface area contributed by atoms with Gasteiger partial charge in [-0.15, -0.1) is 0 Å². The molecule has 1 N–H and O–H groups in total. The van der Waals surface area contributed by atoms with Gasteiger partial charge in [0.1, 0.15) is 17.3 Å². The molecule has 0 radical (unpaired) electrons. The minimum atomic E-state index is -0.383.